The van der Waals surface area contributed by atoms with Crippen LogP contribution in [0.2, 0.25) is 0 Å². The average molecular weight is 375 g/mol. The zero-order valence-corrected chi connectivity index (χ0v) is 16.6. The first-order valence-electron chi connectivity index (χ1n) is 8.88. The summed E-state index contributed by atoms with van der Waals surface area (Å²) in [5.74, 6) is -0.334. The third kappa shape index (κ3) is 3.38. The van der Waals surface area contributed by atoms with Gasteiger partial charge in [0.1, 0.15) is 5.75 Å². The number of carboxylic acid groups (broad SMARTS) is 1. The van der Waals surface area contributed by atoms with Crippen LogP contribution in [0.3, 0.4) is 0 Å². The van der Waals surface area contributed by atoms with Gasteiger partial charge in [-0.3, -0.25) is 0 Å². The van der Waals surface area contributed by atoms with E-state index in [0.29, 0.717) is 19.0 Å². The van der Waals surface area contributed by atoms with E-state index in [1.165, 1.54) is 16.0 Å². The lowest BCUT2D eigenvalue weighted by Crippen LogP contribution is -2.63. The number of aliphatic carboxylic acids is 1. The fourth-order valence-electron chi connectivity index (χ4n) is 3.23. The van der Waals surface area contributed by atoms with Gasteiger partial charge in [0.25, 0.3) is 0 Å². The molecule has 0 saturated carbocycles. The molecule has 1 unspecified atom stereocenters. The van der Waals surface area contributed by atoms with E-state index < -0.39 is 17.0 Å². The topological polar surface area (TPSA) is 55.8 Å². The second-order valence-electron chi connectivity index (χ2n) is 7.62. The highest BCUT2D eigenvalue weighted by Gasteiger charge is 2.57. The maximum absolute atomic E-state index is 11.9. The lowest BCUT2D eigenvalue weighted by Gasteiger charge is -2.48. The molecule has 1 saturated heterocycles. The first-order chi connectivity index (χ1) is 12.2. The Morgan fingerprint density at radius 1 is 1.27 bits per heavy atom. The molecular formula is C21H26O4S. The predicted molar refractivity (Wildman–Crippen MR) is 103 cm³/mol. The van der Waals surface area contributed by atoms with Crippen LogP contribution in [0.25, 0.3) is 0 Å². The third-order valence-corrected chi connectivity index (χ3v) is 6.65. The van der Waals surface area contributed by atoms with Crippen LogP contribution in [0.15, 0.2) is 29.6 Å². The number of thiophene rings is 1. The molecule has 0 aliphatic carbocycles. The van der Waals surface area contributed by atoms with Gasteiger partial charge in [0, 0.05) is 4.88 Å². The Kier molecular flexibility index (Phi) is 5.13. The first kappa shape index (κ1) is 18.9. The Morgan fingerprint density at radius 2 is 2.00 bits per heavy atom. The van der Waals surface area contributed by atoms with E-state index in [2.05, 4.69) is 24.4 Å². The van der Waals surface area contributed by atoms with Gasteiger partial charge in [-0.2, -0.15) is 0 Å². The van der Waals surface area contributed by atoms with Crippen molar-refractivity contribution in [1.29, 1.82) is 0 Å². The minimum atomic E-state index is -1.31. The normalized spacial score (nSPS) is 18.0. The zero-order valence-electron chi connectivity index (χ0n) is 15.8. The molecule has 2 aromatic rings. The van der Waals surface area contributed by atoms with Crippen LogP contribution >= 0.6 is 11.3 Å². The molecule has 1 N–H and O–H groups in total. The fraction of sp³-hybridized carbons (Fsp3) is 0.476. The molecule has 5 heteroatoms. The lowest BCUT2D eigenvalue weighted by molar-refractivity contribution is -0.210. The molecule has 1 atom stereocenters. The molecule has 4 nitrogen and oxygen atoms in total. The number of ether oxygens (including phenoxy) is 2. The van der Waals surface area contributed by atoms with Crippen LogP contribution in [-0.2, 0) is 22.4 Å². The fourth-order valence-corrected chi connectivity index (χ4v) is 4.14. The maximum Gasteiger partial charge on any atom is 0.348 e. The first-order valence-corrected chi connectivity index (χ1v) is 9.76. The second-order valence-corrected chi connectivity index (χ2v) is 8.62. The number of rotatable bonds is 7. The Hall–Kier alpha value is -1.85. The standard InChI is InChI=1S/C21H26O4S/c1-14-9-10-26-18(14)8-6-16-5-7-17(15(2)11-16)25-21(4,19(22)23)20(3)12-24-13-20/h5,7,9-11H,6,8,12-13H2,1-4H3,(H,22,23). The molecule has 26 heavy (non-hydrogen) atoms. The SMILES string of the molecule is Cc1cc(CCc2sccc2C)ccc1OC(C)(C(=O)O)C1(C)COC1. The van der Waals surface area contributed by atoms with Gasteiger partial charge in [-0.25, -0.2) is 4.79 Å². The second kappa shape index (κ2) is 7.05. The van der Waals surface area contributed by atoms with Gasteiger partial charge in [-0.1, -0.05) is 19.1 Å². The molecule has 140 valence electrons. The number of carbonyl (C=O) groups is 1. The van der Waals surface area contributed by atoms with Crippen molar-refractivity contribution < 1.29 is 19.4 Å². The zero-order chi connectivity index (χ0) is 18.9. The number of carboxylic acids is 1. The van der Waals surface area contributed by atoms with Gasteiger partial charge in [0.2, 0.25) is 5.60 Å². The van der Waals surface area contributed by atoms with Gasteiger partial charge >= 0.3 is 5.97 Å². The van der Waals surface area contributed by atoms with Crippen LogP contribution in [0, 0.1) is 19.3 Å². The quantitative estimate of drug-likeness (QED) is 0.780. The van der Waals surface area contributed by atoms with E-state index in [1.54, 1.807) is 18.3 Å². The molecule has 1 aliphatic heterocycles. The molecule has 0 amide bonds. The summed E-state index contributed by atoms with van der Waals surface area (Å²) in [6.07, 6.45) is 1.98. The molecule has 0 radical (unpaired) electrons. The highest BCUT2D eigenvalue weighted by atomic mass is 32.1. The maximum atomic E-state index is 11.9. The van der Waals surface area contributed by atoms with Crippen molar-refractivity contribution in [3.05, 3.63) is 51.2 Å². The van der Waals surface area contributed by atoms with Crippen LogP contribution in [0.5, 0.6) is 5.75 Å². The summed E-state index contributed by atoms with van der Waals surface area (Å²) in [6, 6.07) is 8.18. The monoisotopic (exact) mass is 374 g/mol. The summed E-state index contributed by atoms with van der Waals surface area (Å²) in [4.78, 5) is 13.3. The van der Waals surface area contributed by atoms with Crippen molar-refractivity contribution in [3.63, 3.8) is 0 Å². The molecule has 1 aromatic heterocycles. The predicted octanol–water partition coefficient (Wildman–Crippen LogP) is 4.41. The Labute approximate surface area is 158 Å². The molecule has 0 spiro atoms. The van der Waals surface area contributed by atoms with Crippen LogP contribution in [0.4, 0.5) is 0 Å². The van der Waals surface area contributed by atoms with E-state index in [-0.39, 0.29) is 0 Å². The van der Waals surface area contributed by atoms with Crippen molar-refractivity contribution in [2.24, 2.45) is 5.41 Å². The van der Waals surface area contributed by atoms with E-state index in [1.807, 2.05) is 26.0 Å². The van der Waals surface area contributed by atoms with Gasteiger partial charge in [-0.05, 0) is 67.8 Å². The van der Waals surface area contributed by atoms with Crippen LogP contribution in [0.1, 0.15) is 35.4 Å². The third-order valence-electron chi connectivity index (χ3n) is 5.56. The Balaban J connectivity index is 1.74. The van der Waals surface area contributed by atoms with Gasteiger partial charge < -0.3 is 14.6 Å². The minimum Gasteiger partial charge on any atom is -0.478 e. The summed E-state index contributed by atoms with van der Waals surface area (Å²) in [5.41, 5.74) is 1.70. The molecule has 3 rings (SSSR count). The van der Waals surface area contributed by atoms with Crippen molar-refractivity contribution in [2.45, 2.75) is 46.1 Å². The summed E-state index contributed by atoms with van der Waals surface area (Å²) in [7, 11) is 0. The average Bonchev–Trinajstić information content (AvgIpc) is 2.97. The van der Waals surface area contributed by atoms with Crippen LogP contribution in [-0.4, -0.2) is 29.9 Å². The molecule has 1 aliphatic rings. The van der Waals surface area contributed by atoms with Crippen molar-refractivity contribution in [3.8, 4) is 5.75 Å². The lowest BCUT2D eigenvalue weighted by atomic mass is 9.72. The highest BCUT2D eigenvalue weighted by molar-refractivity contribution is 7.10. The van der Waals surface area contributed by atoms with Crippen molar-refractivity contribution in [1.82, 2.24) is 0 Å². The number of hydrogen-bond donors (Lipinski definition) is 1. The van der Waals surface area contributed by atoms with Gasteiger partial charge in [-0.15, -0.1) is 11.3 Å². The number of benzene rings is 1. The highest BCUT2D eigenvalue weighted by Crippen LogP contribution is 2.42. The van der Waals surface area contributed by atoms with Crippen molar-refractivity contribution in [2.75, 3.05) is 13.2 Å². The summed E-state index contributed by atoms with van der Waals surface area (Å²) in [5, 5.41) is 11.9. The molecule has 1 aromatic carbocycles. The molecule has 0 bridgehead atoms. The Morgan fingerprint density at radius 3 is 2.50 bits per heavy atom. The molecule has 1 fully saturated rings. The van der Waals surface area contributed by atoms with E-state index in [0.717, 1.165) is 18.4 Å². The minimum absolute atomic E-state index is 0.396. The summed E-state index contributed by atoms with van der Waals surface area (Å²) >= 11 is 1.80. The smallest absolute Gasteiger partial charge is 0.348 e. The van der Waals surface area contributed by atoms with Crippen molar-refractivity contribution >= 4 is 17.3 Å². The van der Waals surface area contributed by atoms with E-state index >= 15 is 0 Å². The summed E-state index contributed by atoms with van der Waals surface area (Å²) in [6.45, 7) is 8.45. The van der Waals surface area contributed by atoms with E-state index in [9.17, 15) is 9.90 Å². The number of aryl methyl sites for hydroxylation is 4. The number of hydrogen-bond acceptors (Lipinski definition) is 4. The van der Waals surface area contributed by atoms with Crippen LogP contribution < -0.4 is 4.74 Å². The summed E-state index contributed by atoms with van der Waals surface area (Å²) < 4.78 is 11.3. The molecule has 2 heterocycles. The van der Waals surface area contributed by atoms with Gasteiger partial charge in [0.15, 0.2) is 0 Å². The largest absolute Gasteiger partial charge is 0.478 e. The van der Waals surface area contributed by atoms with Gasteiger partial charge in [0.05, 0.1) is 18.6 Å². The van der Waals surface area contributed by atoms with E-state index in [4.69, 9.17) is 9.47 Å². The molecular weight excluding hydrogens is 348 g/mol. The Bertz CT molecular complexity index is 806.